The van der Waals surface area contributed by atoms with Crippen LogP contribution in [0.5, 0.6) is 0 Å². The van der Waals surface area contributed by atoms with Gasteiger partial charge in [0.25, 0.3) is 17.7 Å². The fourth-order valence-electron chi connectivity index (χ4n) is 4.56. The van der Waals surface area contributed by atoms with Crippen LogP contribution in [0.25, 0.3) is 0 Å². The molecular weight excluding hydrogens is 557 g/mol. The van der Waals surface area contributed by atoms with Crippen molar-refractivity contribution in [1.29, 1.82) is 0 Å². The predicted molar refractivity (Wildman–Crippen MR) is 137 cm³/mol. The molecule has 1 atom stereocenters. The number of benzene rings is 1. The van der Waals surface area contributed by atoms with Gasteiger partial charge in [-0.15, -0.1) is 0 Å². The molecule has 0 spiro atoms. The second-order valence-electron chi connectivity index (χ2n) is 8.87. The number of carbonyl (C=O) groups excluding carboxylic acids is 3. The van der Waals surface area contributed by atoms with E-state index < -0.39 is 18.0 Å². The van der Waals surface area contributed by atoms with Crippen molar-refractivity contribution in [3.8, 4) is 0 Å². The number of aromatic nitrogens is 1. The van der Waals surface area contributed by atoms with Crippen LogP contribution in [0, 0.1) is 0 Å². The summed E-state index contributed by atoms with van der Waals surface area (Å²) < 4.78 is 0.642. The third kappa shape index (κ3) is 5.97. The molecule has 1 aromatic carbocycles. The molecule has 11 heteroatoms. The molecule has 2 fully saturated rings. The van der Waals surface area contributed by atoms with Crippen LogP contribution in [0.4, 0.5) is 0 Å². The molecule has 1 aromatic heterocycles. The standard InChI is InChI=1S/C24H26BrCl2N5O3/c25-16-10-15(12-29-13-16)24(35)32-9-1-8-31(23(34)14-2-7-19(26)20(27)11-14)22(32)21(33)30-18-5-3-17(28)4-6-18/h2,7,10-13,17-18,22H,1,3-6,8-9,28H2,(H,30,33). The number of hydrogen-bond donors (Lipinski definition) is 2. The Labute approximate surface area is 222 Å². The molecule has 3 N–H and O–H groups in total. The van der Waals surface area contributed by atoms with Crippen LogP contribution in [-0.4, -0.2) is 63.8 Å². The lowest BCUT2D eigenvalue weighted by atomic mass is 9.91. The first-order valence-electron chi connectivity index (χ1n) is 11.5. The van der Waals surface area contributed by atoms with Gasteiger partial charge in [-0.25, -0.2) is 0 Å². The number of nitrogens with zero attached hydrogens (tertiary/aromatic N) is 3. The summed E-state index contributed by atoms with van der Waals surface area (Å²) in [6.45, 7) is 0.636. The number of nitrogens with one attached hydrogen (secondary N) is 1. The Morgan fingerprint density at radius 3 is 2.23 bits per heavy atom. The van der Waals surface area contributed by atoms with Crippen LogP contribution in [-0.2, 0) is 4.79 Å². The normalized spacial score (nSPS) is 22.6. The zero-order valence-corrected chi connectivity index (χ0v) is 22.0. The van der Waals surface area contributed by atoms with Crippen molar-refractivity contribution in [2.45, 2.75) is 50.4 Å². The van der Waals surface area contributed by atoms with E-state index in [1.165, 1.54) is 28.1 Å². The number of pyridine rings is 1. The molecule has 3 amide bonds. The number of rotatable bonds is 4. The van der Waals surface area contributed by atoms with Gasteiger partial charge in [0, 0.05) is 47.6 Å². The van der Waals surface area contributed by atoms with Gasteiger partial charge in [0.2, 0.25) is 0 Å². The Balaban J connectivity index is 1.65. The number of nitrogens with two attached hydrogens (primary N) is 1. The maximum Gasteiger partial charge on any atom is 0.264 e. The average Bonchev–Trinajstić information content (AvgIpc) is 2.85. The van der Waals surface area contributed by atoms with Crippen LogP contribution in [0.2, 0.25) is 10.0 Å². The predicted octanol–water partition coefficient (Wildman–Crippen LogP) is 3.85. The molecule has 1 saturated heterocycles. The summed E-state index contributed by atoms with van der Waals surface area (Å²) in [5, 5.41) is 3.62. The Morgan fingerprint density at radius 1 is 0.943 bits per heavy atom. The van der Waals surface area contributed by atoms with Crippen molar-refractivity contribution < 1.29 is 14.4 Å². The quantitative estimate of drug-likeness (QED) is 0.569. The number of hydrogen-bond acceptors (Lipinski definition) is 5. The number of amides is 3. The van der Waals surface area contributed by atoms with Gasteiger partial charge in [-0.3, -0.25) is 19.4 Å². The summed E-state index contributed by atoms with van der Waals surface area (Å²) in [7, 11) is 0. The molecule has 1 unspecified atom stereocenters. The van der Waals surface area contributed by atoms with Gasteiger partial charge in [-0.2, -0.15) is 0 Å². The van der Waals surface area contributed by atoms with E-state index in [9.17, 15) is 14.4 Å². The Hall–Kier alpha value is -2.20. The Morgan fingerprint density at radius 2 is 1.60 bits per heavy atom. The highest BCUT2D eigenvalue weighted by Gasteiger charge is 2.41. The minimum Gasteiger partial charge on any atom is -0.350 e. The fourth-order valence-corrected chi connectivity index (χ4v) is 5.22. The molecule has 2 heterocycles. The van der Waals surface area contributed by atoms with Crippen molar-refractivity contribution in [2.75, 3.05) is 13.1 Å². The summed E-state index contributed by atoms with van der Waals surface area (Å²) in [5.74, 6) is -1.18. The molecule has 0 radical (unpaired) electrons. The monoisotopic (exact) mass is 581 g/mol. The van der Waals surface area contributed by atoms with Crippen molar-refractivity contribution in [1.82, 2.24) is 20.1 Å². The molecule has 2 aromatic rings. The molecule has 0 bridgehead atoms. The molecular formula is C24H26BrCl2N5O3. The topological polar surface area (TPSA) is 109 Å². The molecule has 186 valence electrons. The van der Waals surface area contributed by atoms with Crippen molar-refractivity contribution in [3.05, 3.63) is 62.3 Å². The summed E-state index contributed by atoms with van der Waals surface area (Å²) in [6, 6.07) is 6.29. The first-order valence-corrected chi connectivity index (χ1v) is 13.0. The zero-order chi connectivity index (χ0) is 25.1. The van der Waals surface area contributed by atoms with Crippen LogP contribution < -0.4 is 11.1 Å². The van der Waals surface area contributed by atoms with Crippen LogP contribution in [0.1, 0.15) is 52.8 Å². The van der Waals surface area contributed by atoms with Gasteiger partial charge < -0.3 is 20.9 Å². The van der Waals surface area contributed by atoms with E-state index in [4.69, 9.17) is 28.9 Å². The van der Waals surface area contributed by atoms with Crippen molar-refractivity contribution in [3.63, 3.8) is 0 Å². The van der Waals surface area contributed by atoms with E-state index in [1.807, 2.05) is 0 Å². The van der Waals surface area contributed by atoms with Gasteiger partial charge in [0.1, 0.15) is 0 Å². The van der Waals surface area contributed by atoms with Crippen LogP contribution >= 0.6 is 39.1 Å². The van der Waals surface area contributed by atoms with E-state index >= 15 is 0 Å². The average molecular weight is 583 g/mol. The van der Waals surface area contributed by atoms with Gasteiger partial charge in [-0.05, 0) is 72.3 Å². The van der Waals surface area contributed by atoms with E-state index in [0.717, 1.165) is 25.7 Å². The van der Waals surface area contributed by atoms with Crippen LogP contribution in [0.3, 0.4) is 0 Å². The summed E-state index contributed by atoms with van der Waals surface area (Å²) in [4.78, 5) is 47.6. The Bertz CT molecular complexity index is 1130. The Kier molecular flexibility index (Phi) is 8.31. The minimum atomic E-state index is -1.12. The zero-order valence-electron chi connectivity index (χ0n) is 18.9. The molecule has 2 aliphatic rings. The lowest BCUT2D eigenvalue weighted by Gasteiger charge is -2.43. The first kappa shape index (κ1) is 25.9. The highest BCUT2D eigenvalue weighted by atomic mass is 79.9. The highest BCUT2D eigenvalue weighted by molar-refractivity contribution is 9.10. The highest BCUT2D eigenvalue weighted by Crippen LogP contribution is 2.27. The summed E-state index contributed by atoms with van der Waals surface area (Å²) in [5.41, 5.74) is 6.62. The molecule has 8 nitrogen and oxygen atoms in total. The molecule has 1 saturated carbocycles. The molecule has 4 rings (SSSR count). The molecule has 1 aliphatic carbocycles. The van der Waals surface area contributed by atoms with E-state index in [2.05, 4.69) is 26.2 Å². The third-order valence-electron chi connectivity index (χ3n) is 6.38. The van der Waals surface area contributed by atoms with E-state index in [1.54, 1.807) is 18.3 Å². The largest absolute Gasteiger partial charge is 0.350 e. The van der Waals surface area contributed by atoms with Crippen molar-refractivity contribution in [2.24, 2.45) is 5.73 Å². The first-order chi connectivity index (χ1) is 16.7. The van der Waals surface area contributed by atoms with Gasteiger partial charge >= 0.3 is 0 Å². The molecule has 35 heavy (non-hydrogen) atoms. The lowest BCUT2D eigenvalue weighted by molar-refractivity contribution is -0.133. The second-order valence-corrected chi connectivity index (χ2v) is 10.6. The van der Waals surface area contributed by atoms with Crippen LogP contribution in [0.15, 0.2) is 41.1 Å². The lowest BCUT2D eigenvalue weighted by Crippen LogP contribution is -2.64. The van der Waals surface area contributed by atoms with E-state index in [0.29, 0.717) is 40.1 Å². The maximum atomic E-state index is 13.6. The van der Waals surface area contributed by atoms with E-state index in [-0.39, 0.29) is 23.0 Å². The molecule has 1 aliphatic heterocycles. The van der Waals surface area contributed by atoms with Gasteiger partial charge in [0.05, 0.1) is 15.6 Å². The van der Waals surface area contributed by atoms with Gasteiger partial charge in [0.15, 0.2) is 6.17 Å². The second kappa shape index (κ2) is 11.2. The summed E-state index contributed by atoms with van der Waals surface area (Å²) in [6.07, 6.45) is 5.56. The smallest absolute Gasteiger partial charge is 0.264 e. The number of halogens is 3. The third-order valence-corrected chi connectivity index (χ3v) is 7.55. The summed E-state index contributed by atoms with van der Waals surface area (Å²) >= 11 is 15.5. The SMILES string of the molecule is NC1CCC(NC(=O)C2N(C(=O)c3cncc(Br)c3)CCCN2C(=O)c2ccc(Cl)c(Cl)c2)CC1. The minimum absolute atomic E-state index is 0.0596. The fraction of sp³-hybridized carbons (Fsp3) is 0.417. The van der Waals surface area contributed by atoms with Gasteiger partial charge in [-0.1, -0.05) is 23.2 Å². The maximum absolute atomic E-state index is 13.6. The number of carbonyl (C=O) groups is 3. The van der Waals surface area contributed by atoms with Crippen molar-refractivity contribution >= 4 is 56.9 Å².